The molecule has 0 spiro atoms. The van der Waals surface area contributed by atoms with Gasteiger partial charge in [0.05, 0.1) is 26.9 Å². The summed E-state index contributed by atoms with van der Waals surface area (Å²) < 4.78 is 16.8. The highest BCUT2D eigenvalue weighted by Gasteiger charge is 2.23. The third kappa shape index (κ3) is 4.60. The number of anilines is 1. The molecule has 0 aromatic heterocycles. The van der Waals surface area contributed by atoms with Crippen LogP contribution in [0.3, 0.4) is 0 Å². The number of rotatable bonds is 7. The molecule has 1 amide bonds. The molecule has 1 saturated heterocycles. The van der Waals surface area contributed by atoms with E-state index in [1.807, 2.05) is 48.5 Å². The second-order valence-electron chi connectivity index (χ2n) is 7.12. The van der Waals surface area contributed by atoms with Gasteiger partial charge in [0.1, 0.15) is 0 Å². The molecule has 2 aromatic rings. The zero-order chi connectivity index (χ0) is 20.1. The largest absolute Gasteiger partial charge is 0.493 e. The van der Waals surface area contributed by atoms with Crippen molar-refractivity contribution in [1.82, 2.24) is 4.90 Å². The SMILES string of the molecule is COc1cc(/C=C2\C(=O)Nc3ccccc32)ccc1OCCCN1CCOCC1. The van der Waals surface area contributed by atoms with Crippen LogP contribution in [0.5, 0.6) is 11.5 Å². The predicted molar refractivity (Wildman–Crippen MR) is 113 cm³/mol. The number of hydrogen-bond acceptors (Lipinski definition) is 5. The number of carbonyl (C=O) groups excluding carboxylic acids is 1. The fourth-order valence-electron chi connectivity index (χ4n) is 3.64. The van der Waals surface area contributed by atoms with E-state index in [0.29, 0.717) is 23.7 Å². The van der Waals surface area contributed by atoms with Crippen LogP contribution in [0.15, 0.2) is 42.5 Å². The van der Waals surface area contributed by atoms with Crippen LogP contribution in [0.1, 0.15) is 17.5 Å². The molecule has 152 valence electrons. The molecule has 2 heterocycles. The highest BCUT2D eigenvalue weighted by atomic mass is 16.5. The minimum Gasteiger partial charge on any atom is -0.493 e. The molecule has 29 heavy (non-hydrogen) atoms. The fourth-order valence-corrected chi connectivity index (χ4v) is 3.64. The Bertz CT molecular complexity index is 904. The van der Waals surface area contributed by atoms with Crippen molar-refractivity contribution in [1.29, 1.82) is 0 Å². The summed E-state index contributed by atoms with van der Waals surface area (Å²) >= 11 is 0. The Hall–Kier alpha value is -2.83. The fraction of sp³-hybridized carbons (Fsp3) is 0.348. The highest BCUT2D eigenvalue weighted by Crippen LogP contribution is 2.34. The Morgan fingerprint density at radius 3 is 2.79 bits per heavy atom. The van der Waals surface area contributed by atoms with Gasteiger partial charge in [-0.2, -0.15) is 0 Å². The number of hydrogen-bond donors (Lipinski definition) is 1. The van der Waals surface area contributed by atoms with Gasteiger partial charge in [-0.25, -0.2) is 0 Å². The van der Waals surface area contributed by atoms with Crippen molar-refractivity contribution in [2.45, 2.75) is 6.42 Å². The third-order valence-corrected chi connectivity index (χ3v) is 5.19. The minimum atomic E-state index is -0.0893. The molecule has 0 saturated carbocycles. The first-order valence-electron chi connectivity index (χ1n) is 9.98. The van der Waals surface area contributed by atoms with Crippen molar-refractivity contribution in [2.75, 3.05) is 51.9 Å². The maximum Gasteiger partial charge on any atom is 0.256 e. The molecule has 1 fully saturated rings. The summed E-state index contributed by atoms with van der Waals surface area (Å²) in [5.74, 6) is 1.29. The molecule has 0 radical (unpaired) electrons. The van der Waals surface area contributed by atoms with E-state index < -0.39 is 0 Å². The predicted octanol–water partition coefficient (Wildman–Crippen LogP) is 3.29. The average molecular weight is 394 g/mol. The smallest absolute Gasteiger partial charge is 0.256 e. The molecular weight excluding hydrogens is 368 g/mol. The van der Waals surface area contributed by atoms with Crippen LogP contribution in [-0.4, -0.2) is 57.4 Å². The van der Waals surface area contributed by atoms with Gasteiger partial charge in [0.2, 0.25) is 0 Å². The monoisotopic (exact) mass is 394 g/mol. The van der Waals surface area contributed by atoms with Gasteiger partial charge >= 0.3 is 0 Å². The molecule has 0 atom stereocenters. The van der Waals surface area contributed by atoms with Gasteiger partial charge < -0.3 is 19.5 Å². The van der Waals surface area contributed by atoms with Gasteiger partial charge in [-0.15, -0.1) is 0 Å². The number of ether oxygens (including phenoxy) is 3. The summed E-state index contributed by atoms with van der Waals surface area (Å²) in [5.41, 5.74) is 3.31. The Morgan fingerprint density at radius 2 is 1.97 bits per heavy atom. The number of benzene rings is 2. The van der Waals surface area contributed by atoms with Crippen molar-refractivity contribution in [3.8, 4) is 11.5 Å². The van der Waals surface area contributed by atoms with Gasteiger partial charge in [0.15, 0.2) is 11.5 Å². The lowest BCUT2D eigenvalue weighted by Gasteiger charge is -2.26. The van der Waals surface area contributed by atoms with Crippen molar-refractivity contribution >= 4 is 23.2 Å². The van der Waals surface area contributed by atoms with Crippen LogP contribution < -0.4 is 14.8 Å². The summed E-state index contributed by atoms with van der Waals surface area (Å²) in [6, 6.07) is 13.4. The number of carbonyl (C=O) groups is 1. The lowest BCUT2D eigenvalue weighted by molar-refractivity contribution is -0.110. The standard InChI is InChI=1S/C23H26N2O4/c1-27-22-16-17(15-19-18-5-2-3-6-20(18)24-23(19)26)7-8-21(22)29-12-4-9-25-10-13-28-14-11-25/h2-3,5-8,15-16H,4,9-14H2,1H3,(H,24,26)/b19-15-. The summed E-state index contributed by atoms with van der Waals surface area (Å²) in [4.78, 5) is 14.7. The van der Waals surface area contributed by atoms with Gasteiger partial charge in [-0.05, 0) is 36.3 Å². The topological polar surface area (TPSA) is 60.0 Å². The Labute approximate surface area is 171 Å². The molecule has 2 aliphatic heterocycles. The number of nitrogens with one attached hydrogen (secondary N) is 1. The summed E-state index contributed by atoms with van der Waals surface area (Å²) in [6.07, 6.45) is 2.83. The maximum absolute atomic E-state index is 12.3. The van der Waals surface area contributed by atoms with Crippen LogP contribution in [0.25, 0.3) is 11.6 Å². The van der Waals surface area contributed by atoms with Crippen molar-refractivity contribution < 1.29 is 19.0 Å². The minimum absolute atomic E-state index is 0.0893. The highest BCUT2D eigenvalue weighted by molar-refractivity contribution is 6.34. The van der Waals surface area contributed by atoms with Crippen LogP contribution in [-0.2, 0) is 9.53 Å². The third-order valence-electron chi connectivity index (χ3n) is 5.19. The summed E-state index contributed by atoms with van der Waals surface area (Å²) in [7, 11) is 1.63. The van der Waals surface area contributed by atoms with Crippen LogP contribution >= 0.6 is 0 Å². The van der Waals surface area contributed by atoms with E-state index in [4.69, 9.17) is 14.2 Å². The Morgan fingerprint density at radius 1 is 1.14 bits per heavy atom. The van der Waals surface area contributed by atoms with E-state index in [9.17, 15) is 4.79 Å². The van der Waals surface area contributed by atoms with Crippen LogP contribution in [0, 0.1) is 0 Å². The van der Waals surface area contributed by atoms with E-state index in [1.54, 1.807) is 7.11 Å². The van der Waals surface area contributed by atoms with Gasteiger partial charge in [0.25, 0.3) is 5.91 Å². The maximum atomic E-state index is 12.3. The van der Waals surface area contributed by atoms with Crippen LogP contribution in [0.4, 0.5) is 5.69 Å². The number of fused-ring (bicyclic) bond motifs is 1. The number of nitrogens with zero attached hydrogens (tertiary/aromatic N) is 1. The van der Waals surface area contributed by atoms with Crippen molar-refractivity contribution in [3.63, 3.8) is 0 Å². The normalized spacial score (nSPS) is 17.8. The zero-order valence-corrected chi connectivity index (χ0v) is 16.6. The van der Waals surface area contributed by atoms with Gasteiger partial charge in [0, 0.05) is 36.5 Å². The van der Waals surface area contributed by atoms with E-state index in [2.05, 4.69) is 10.2 Å². The number of methoxy groups -OCH3 is 1. The Balaban J connectivity index is 1.41. The molecule has 4 rings (SSSR count). The zero-order valence-electron chi connectivity index (χ0n) is 16.6. The molecule has 2 aliphatic rings. The second-order valence-corrected chi connectivity index (χ2v) is 7.12. The molecular formula is C23H26N2O4. The summed E-state index contributed by atoms with van der Waals surface area (Å²) in [5, 5.41) is 2.89. The van der Waals surface area contributed by atoms with Crippen LogP contribution in [0.2, 0.25) is 0 Å². The van der Waals surface area contributed by atoms with E-state index in [0.717, 1.165) is 56.1 Å². The van der Waals surface area contributed by atoms with Crippen molar-refractivity contribution in [2.24, 2.45) is 0 Å². The molecule has 1 N–H and O–H groups in total. The number of para-hydroxylation sites is 1. The average Bonchev–Trinajstić information content (AvgIpc) is 3.07. The second kappa shape index (κ2) is 9.11. The summed E-state index contributed by atoms with van der Waals surface area (Å²) in [6.45, 7) is 5.24. The van der Waals surface area contributed by atoms with E-state index >= 15 is 0 Å². The quantitative estimate of drug-likeness (QED) is 0.577. The van der Waals surface area contributed by atoms with Crippen molar-refractivity contribution in [3.05, 3.63) is 53.6 Å². The van der Waals surface area contributed by atoms with Gasteiger partial charge in [-0.1, -0.05) is 24.3 Å². The lowest BCUT2D eigenvalue weighted by Crippen LogP contribution is -2.37. The first-order chi connectivity index (χ1) is 14.2. The molecule has 2 aromatic carbocycles. The Kier molecular flexibility index (Phi) is 6.12. The molecule has 0 unspecified atom stereocenters. The molecule has 0 bridgehead atoms. The first kappa shape index (κ1) is 19.5. The molecule has 6 heteroatoms. The van der Waals surface area contributed by atoms with Gasteiger partial charge in [-0.3, -0.25) is 9.69 Å². The van der Waals surface area contributed by atoms with E-state index in [-0.39, 0.29) is 5.91 Å². The molecule has 0 aliphatic carbocycles. The molecule has 6 nitrogen and oxygen atoms in total. The lowest BCUT2D eigenvalue weighted by atomic mass is 10.0. The number of morpholine rings is 1. The van der Waals surface area contributed by atoms with E-state index in [1.165, 1.54) is 0 Å². The number of amides is 1. The first-order valence-corrected chi connectivity index (χ1v) is 9.98.